The van der Waals surface area contributed by atoms with E-state index in [2.05, 4.69) is 10.6 Å². The number of carboxylic acid groups (broad SMARTS) is 1. The summed E-state index contributed by atoms with van der Waals surface area (Å²) in [7, 11) is 1.48. The van der Waals surface area contributed by atoms with E-state index in [0.29, 0.717) is 6.54 Å². The second-order valence-electron chi connectivity index (χ2n) is 3.81. The van der Waals surface area contributed by atoms with Gasteiger partial charge in [0.2, 0.25) is 0 Å². The molecule has 0 saturated carbocycles. The highest BCUT2D eigenvalue weighted by Gasteiger charge is 2.18. The summed E-state index contributed by atoms with van der Waals surface area (Å²) in [5.41, 5.74) is 1.08. The Morgan fingerprint density at radius 2 is 2.06 bits per heavy atom. The molecule has 1 atom stereocenters. The fraction of sp³-hybridized carbons (Fsp3) is 0.636. The minimum atomic E-state index is -1.07. The highest BCUT2D eigenvalue weighted by atomic mass is 16.5. The van der Waals surface area contributed by atoms with Crippen molar-refractivity contribution in [3.8, 4) is 0 Å². The standard InChI is InChI=1S/C11H20N2O4/c1-8(2)4-6-12-11(16)13-9(10(14)15)5-7-17-3/h4,9H,5-7H2,1-3H3,(H,14,15)(H2,12,13,16). The fourth-order valence-corrected chi connectivity index (χ4v) is 1.05. The average molecular weight is 244 g/mol. The van der Waals surface area contributed by atoms with Crippen molar-refractivity contribution in [2.75, 3.05) is 20.3 Å². The second kappa shape index (κ2) is 8.58. The van der Waals surface area contributed by atoms with Gasteiger partial charge < -0.3 is 20.5 Å². The fourth-order valence-electron chi connectivity index (χ4n) is 1.05. The lowest BCUT2D eigenvalue weighted by atomic mass is 10.2. The van der Waals surface area contributed by atoms with Crippen molar-refractivity contribution in [2.45, 2.75) is 26.3 Å². The number of amides is 2. The van der Waals surface area contributed by atoms with Gasteiger partial charge in [-0.15, -0.1) is 0 Å². The van der Waals surface area contributed by atoms with Gasteiger partial charge in [0.15, 0.2) is 0 Å². The molecule has 0 radical (unpaired) electrons. The van der Waals surface area contributed by atoms with E-state index in [1.54, 1.807) is 0 Å². The molecule has 0 aromatic carbocycles. The van der Waals surface area contributed by atoms with Gasteiger partial charge in [0.25, 0.3) is 0 Å². The number of allylic oxidation sites excluding steroid dienone is 1. The van der Waals surface area contributed by atoms with Gasteiger partial charge in [0.05, 0.1) is 0 Å². The van der Waals surface area contributed by atoms with Crippen LogP contribution in [0.3, 0.4) is 0 Å². The van der Waals surface area contributed by atoms with Crippen LogP contribution in [0.1, 0.15) is 20.3 Å². The number of methoxy groups -OCH3 is 1. The first-order valence-corrected chi connectivity index (χ1v) is 5.36. The number of carboxylic acids is 1. The summed E-state index contributed by atoms with van der Waals surface area (Å²) in [5.74, 6) is -1.07. The van der Waals surface area contributed by atoms with E-state index in [0.717, 1.165) is 5.57 Å². The molecule has 17 heavy (non-hydrogen) atoms. The Hall–Kier alpha value is -1.56. The van der Waals surface area contributed by atoms with Crippen LogP contribution in [0.25, 0.3) is 0 Å². The number of carbonyl (C=O) groups is 2. The van der Waals surface area contributed by atoms with Crippen LogP contribution in [0.4, 0.5) is 4.79 Å². The molecule has 0 aromatic rings. The molecule has 0 bridgehead atoms. The molecule has 0 spiro atoms. The van der Waals surface area contributed by atoms with Gasteiger partial charge in [0.1, 0.15) is 6.04 Å². The van der Waals surface area contributed by atoms with Crippen LogP contribution in [0.5, 0.6) is 0 Å². The lowest BCUT2D eigenvalue weighted by Gasteiger charge is -2.14. The Balaban J connectivity index is 4.03. The minimum absolute atomic E-state index is 0.238. The van der Waals surface area contributed by atoms with E-state index in [-0.39, 0.29) is 13.0 Å². The van der Waals surface area contributed by atoms with Crippen molar-refractivity contribution in [1.29, 1.82) is 0 Å². The van der Waals surface area contributed by atoms with Gasteiger partial charge in [0, 0.05) is 26.7 Å². The monoisotopic (exact) mass is 244 g/mol. The van der Waals surface area contributed by atoms with E-state index >= 15 is 0 Å². The maximum Gasteiger partial charge on any atom is 0.326 e. The first kappa shape index (κ1) is 15.4. The van der Waals surface area contributed by atoms with Gasteiger partial charge in [-0.25, -0.2) is 9.59 Å². The smallest absolute Gasteiger partial charge is 0.326 e. The number of ether oxygens (including phenoxy) is 1. The number of carbonyl (C=O) groups excluding carboxylic acids is 1. The minimum Gasteiger partial charge on any atom is -0.480 e. The lowest BCUT2D eigenvalue weighted by Crippen LogP contribution is -2.46. The Morgan fingerprint density at radius 3 is 2.53 bits per heavy atom. The van der Waals surface area contributed by atoms with E-state index < -0.39 is 18.0 Å². The van der Waals surface area contributed by atoms with Crippen LogP contribution in [0.15, 0.2) is 11.6 Å². The normalized spacial score (nSPS) is 11.5. The average Bonchev–Trinajstić information content (AvgIpc) is 2.23. The van der Waals surface area contributed by atoms with Crippen molar-refractivity contribution in [3.05, 3.63) is 11.6 Å². The van der Waals surface area contributed by atoms with E-state index in [4.69, 9.17) is 9.84 Å². The zero-order chi connectivity index (χ0) is 13.3. The summed E-state index contributed by atoms with van der Waals surface area (Å²) in [6, 6.07) is -1.42. The molecule has 2 amide bonds. The third-order valence-electron chi connectivity index (χ3n) is 1.99. The number of rotatable bonds is 7. The van der Waals surface area contributed by atoms with Gasteiger partial charge in [-0.05, 0) is 13.8 Å². The van der Waals surface area contributed by atoms with Crippen LogP contribution in [-0.4, -0.2) is 43.4 Å². The maximum absolute atomic E-state index is 11.3. The molecule has 0 aliphatic heterocycles. The summed E-state index contributed by atoms with van der Waals surface area (Å²) in [6.07, 6.45) is 2.08. The molecular weight excluding hydrogens is 224 g/mol. The molecule has 0 aromatic heterocycles. The van der Waals surface area contributed by atoms with Gasteiger partial charge in [-0.3, -0.25) is 0 Å². The number of nitrogens with one attached hydrogen (secondary N) is 2. The maximum atomic E-state index is 11.3. The van der Waals surface area contributed by atoms with Crippen molar-refractivity contribution >= 4 is 12.0 Å². The summed E-state index contributed by atoms with van der Waals surface area (Å²) in [4.78, 5) is 22.2. The highest BCUT2D eigenvalue weighted by molar-refractivity contribution is 5.82. The molecule has 1 unspecified atom stereocenters. The molecule has 0 heterocycles. The Morgan fingerprint density at radius 1 is 1.41 bits per heavy atom. The predicted molar refractivity (Wildman–Crippen MR) is 63.9 cm³/mol. The Labute approximate surface area is 101 Å². The van der Waals surface area contributed by atoms with Crippen LogP contribution in [0.2, 0.25) is 0 Å². The largest absolute Gasteiger partial charge is 0.480 e. The molecule has 6 nitrogen and oxygen atoms in total. The third-order valence-corrected chi connectivity index (χ3v) is 1.99. The van der Waals surface area contributed by atoms with Gasteiger partial charge in [-0.1, -0.05) is 11.6 Å². The zero-order valence-electron chi connectivity index (χ0n) is 10.4. The van der Waals surface area contributed by atoms with Gasteiger partial charge >= 0.3 is 12.0 Å². The topological polar surface area (TPSA) is 87.7 Å². The molecular formula is C11H20N2O4. The predicted octanol–water partition coefficient (Wildman–Crippen LogP) is 0.741. The van der Waals surface area contributed by atoms with Crippen LogP contribution in [0, 0.1) is 0 Å². The quantitative estimate of drug-likeness (QED) is 0.576. The summed E-state index contributed by atoms with van der Waals surface area (Å²) in [6.45, 7) is 4.49. The van der Waals surface area contributed by atoms with E-state index in [1.165, 1.54) is 7.11 Å². The van der Waals surface area contributed by atoms with E-state index in [9.17, 15) is 9.59 Å². The van der Waals surface area contributed by atoms with Crippen molar-refractivity contribution in [2.24, 2.45) is 0 Å². The molecule has 0 saturated heterocycles. The summed E-state index contributed by atoms with van der Waals surface area (Å²) in [5, 5.41) is 13.8. The lowest BCUT2D eigenvalue weighted by molar-refractivity contribution is -0.139. The van der Waals surface area contributed by atoms with Crippen molar-refractivity contribution < 1.29 is 19.4 Å². The molecule has 3 N–H and O–H groups in total. The Bertz CT molecular complexity index is 285. The number of hydrogen-bond acceptors (Lipinski definition) is 3. The van der Waals surface area contributed by atoms with Gasteiger partial charge in [-0.2, -0.15) is 0 Å². The molecule has 0 aliphatic rings. The van der Waals surface area contributed by atoms with E-state index in [1.807, 2.05) is 19.9 Å². The first-order valence-electron chi connectivity index (χ1n) is 5.36. The zero-order valence-corrected chi connectivity index (χ0v) is 10.4. The molecule has 0 fully saturated rings. The van der Waals surface area contributed by atoms with Crippen molar-refractivity contribution in [3.63, 3.8) is 0 Å². The summed E-state index contributed by atoms with van der Waals surface area (Å²) >= 11 is 0. The summed E-state index contributed by atoms with van der Waals surface area (Å²) < 4.78 is 4.77. The van der Waals surface area contributed by atoms with Crippen LogP contribution < -0.4 is 10.6 Å². The van der Waals surface area contributed by atoms with Crippen LogP contribution >= 0.6 is 0 Å². The number of urea groups is 1. The SMILES string of the molecule is COCCC(NC(=O)NCC=C(C)C)C(=O)O. The Kier molecular flexibility index (Phi) is 7.79. The number of hydrogen-bond donors (Lipinski definition) is 3. The molecule has 6 heteroatoms. The molecule has 0 rings (SSSR count). The van der Waals surface area contributed by atoms with Crippen molar-refractivity contribution in [1.82, 2.24) is 10.6 Å². The van der Waals surface area contributed by atoms with Crippen LogP contribution in [-0.2, 0) is 9.53 Å². The second-order valence-corrected chi connectivity index (χ2v) is 3.81. The first-order chi connectivity index (χ1) is 7.97. The third kappa shape index (κ3) is 8.27. The number of aliphatic carboxylic acids is 1. The molecule has 98 valence electrons. The molecule has 0 aliphatic carbocycles. The highest BCUT2D eigenvalue weighted by Crippen LogP contribution is 1.93.